The molecule has 0 saturated carbocycles. The van der Waals surface area contributed by atoms with E-state index >= 15 is 0 Å². The number of halogens is 1. The van der Waals surface area contributed by atoms with Gasteiger partial charge in [-0.05, 0) is 42.8 Å². The summed E-state index contributed by atoms with van der Waals surface area (Å²) >= 11 is 3.39. The molecule has 18 heavy (non-hydrogen) atoms. The van der Waals surface area contributed by atoms with E-state index in [1.165, 1.54) is 0 Å². The SMILES string of the molecule is Cc1ccc(Nc2cc(Br)ccc2C#N)c(N)c1. The summed E-state index contributed by atoms with van der Waals surface area (Å²) in [6.07, 6.45) is 0. The molecule has 0 fully saturated rings. The summed E-state index contributed by atoms with van der Waals surface area (Å²) < 4.78 is 0.912. The lowest BCUT2D eigenvalue weighted by atomic mass is 10.1. The van der Waals surface area contributed by atoms with Gasteiger partial charge in [0.05, 0.1) is 22.6 Å². The van der Waals surface area contributed by atoms with Gasteiger partial charge in [-0.15, -0.1) is 0 Å². The van der Waals surface area contributed by atoms with E-state index in [9.17, 15) is 0 Å². The number of nitrogens with two attached hydrogens (primary N) is 1. The summed E-state index contributed by atoms with van der Waals surface area (Å²) in [7, 11) is 0. The zero-order valence-corrected chi connectivity index (χ0v) is 11.5. The lowest BCUT2D eigenvalue weighted by Gasteiger charge is -2.11. The third-order valence-corrected chi connectivity index (χ3v) is 3.07. The predicted molar refractivity (Wildman–Crippen MR) is 77.7 cm³/mol. The number of nitriles is 1. The fraction of sp³-hybridized carbons (Fsp3) is 0.0714. The van der Waals surface area contributed by atoms with Gasteiger partial charge in [-0.2, -0.15) is 5.26 Å². The third-order valence-electron chi connectivity index (χ3n) is 2.58. The number of nitrogen functional groups attached to an aromatic ring is 1. The molecule has 0 unspecified atom stereocenters. The van der Waals surface area contributed by atoms with E-state index in [-0.39, 0.29) is 0 Å². The van der Waals surface area contributed by atoms with Crippen molar-refractivity contribution in [3.05, 3.63) is 52.0 Å². The summed E-state index contributed by atoms with van der Waals surface area (Å²) in [5.41, 5.74) is 9.83. The second-order valence-electron chi connectivity index (χ2n) is 4.02. The van der Waals surface area contributed by atoms with Crippen LogP contribution in [0.2, 0.25) is 0 Å². The maximum Gasteiger partial charge on any atom is 0.101 e. The number of nitrogens with zero attached hydrogens (tertiary/aromatic N) is 1. The van der Waals surface area contributed by atoms with Crippen LogP contribution in [0.4, 0.5) is 17.1 Å². The van der Waals surface area contributed by atoms with E-state index in [1.807, 2.05) is 37.3 Å². The first kappa shape index (κ1) is 12.5. The molecular formula is C14H12BrN3. The van der Waals surface area contributed by atoms with Gasteiger partial charge in [0.25, 0.3) is 0 Å². The molecule has 0 aliphatic rings. The fourth-order valence-corrected chi connectivity index (χ4v) is 2.02. The molecule has 0 atom stereocenters. The van der Waals surface area contributed by atoms with Crippen molar-refractivity contribution in [3.63, 3.8) is 0 Å². The molecule has 90 valence electrons. The molecule has 4 heteroatoms. The molecule has 0 saturated heterocycles. The number of benzene rings is 2. The van der Waals surface area contributed by atoms with Gasteiger partial charge in [0.15, 0.2) is 0 Å². The number of nitrogens with one attached hydrogen (secondary N) is 1. The molecule has 0 heterocycles. The van der Waals surface area contributed by atoms with Crippen LogP contribution in [0.5, 0.6) is 0 Å². The van der Waals surface area contributed by atoms with E-state index in [2.05, 4.69) is 27.3 Å². The number of hydrogen-bond acceptors (Lipinski definition) is 3. The van der Waals surface area contributed by atoms with Crippen molar-refractivity contribution in [1.82, 2.24) is 0 Å². The summed E-state index contributed by atoms with van der Waals surface area (Å²) in [6.45, 7) is 1.99. The molecular weight excluding hydrogens is 290 g/mol. The Morgan fingerprint density at radius 3 is 2.61 bits per heavy atom. The third kappa shape index (κ3) is 2.63. The summed E-state index contributed by atoms with van der Waals surface area (Å²) in [6, 6.07) is 13.4. The Labute approximate surface area is 114 Å². The van der Waals surface area contributed by atoms with Crippen molar-refractivity contribution in [2.75, 3.05) is 11.1 Å². The average Bonchev–Trinajstić information content (AvgIpc) is 2.33. The van der Waals surface area contributed by atoms with Crippen LogP contribution < -0.4 is 11.1 Å². The van der Waals surface area contributed by atoms with Crippen LogP contribution in [-0.2, 0) is 0 Å². The number of anilines is 3. The van der Waals surface area contributed by atoms with Gasteiger partial charge in [0.2, 0.25) is 0 Å². The monoisotopic (exact) mass is 301 g/mol. The van der Waals surface area contributed by atoms with Gasteiger partial charge in [-0.3, -0.25) is 0 Å². The molecule has 0 bridgehead atoms. The quantitative estimate of drug-likeness (QED) is 0.826. The zero-order valence-electron chi connectivity index (χ0n) is 9.87. The molecule has 3 nitrogen and oxygen atoms in total. The minimum absolute atomic E-state index is 0.582. The second kappa shape index (κ2) is 5.11. The normalized spacial score (nSPS) is 9.83. The van der Waals surface area contributed by atoms with Gasteiger partial charge in [-0.25, -0.2) is 0 Å². The maximum absolute atomic E-state index is 9.06. The first-order chi connectivity index (χ1) is 8.60. The Hall–Kier alpha value is -1.99. The highest BCUT2D eigenvalue weighted by Crippen LogP contribution is 2.28. The van der Waals surface area contributed by atoms with Crippen LogP contribution >= 0.6 is 15.9 Å². The molecule has 2 aromatic carbocycles. The van der Waals surface area contributed by atoms with E-state index in [4.69, 9.17) is 11.0 Å². The largest absolute Gasteiger partial charge is 0.397 e. The first-order valence-corrected chi connectivity index (χ1v) is 6.22. The second-order valence-corrected chi connectivity index (χ2v) is 4.93. The molecule has 0 radical (unpaired) electrons. The molecule has 0 aliphatic carbocycles. The maximum atomic E-state index is 9.06. The Bertz CT molecular complexity index is 629. The zero-order chi connectivity index (χ0) is 13.1. The van der Waals surface area contributed by atoms with Crippen molar-refractivity contribution in [3.8, 4) is 6.07 Å². The summed E-state index contributed by atoms with van der Waals surface area (Å²) in [5.74, 6) is 0. The topological polar surface area (TPSA) is 61.8 Å². The Morgan fingerprint density at radius 1 is 1.17 bits per heavy atom. The highest BCUT2D eigenvalue weighted by molar-refractivity contribution is 9.10. The van der Waals surface area contributed by atoms with E-state index < -0.39 is 0 Å². The molecule has 3 N–H and O–H groups in total. The lowest BCUT2D eigenvalue weighted by molar-refractivity contribution is 1.43. The lowest BCUT2D eigenvalue weighted by Crippen LogP contribution is -1.98. The minimum atomic E-state index is 0.582. The molecule has 0 aromatic heterocycles. The van der Waals surface area contributed by atoms with E-state index in [0.29, 0.717) is 11.3 Å². The molecule has 0 amide bonds. The highest BCUT2D eigenvalue weighted by Gasteiger charge is 2.05. The van der Waals surface area contributed by atoms with Crippen molar-refractivity contribution < 1.29 is 0 Å². The number of hydrogen-bond donors (Lipinski definition) is 2. The first-order valence-electron chi connectivity index (χ1n) is 5.43. The van der Waals surface area contributed by atoms with Crippen molar-refractivity contribution in [1.29, 1.82) is 5.26 Å². The predicted octanol–water partition coefficient (Wildman–Crippen LogP) is 3.96. The Kier molecular flexibility index (Phi) is 3.54. The molecule has 2 rings (SSSR count). The molecule has 2 aromatic rings. The van der Waals surface area contributed by atoms with E-state index in [0.717, 1.165) is 21.4 Å². The minimum Gasteiger partial charge on any atom is -0.397 e. The van der Waals surface area contributed by atoms with Crippen LogP contribution in [0, 0.1) is 18.3 Å². The molecule has 0 aliphatic heterocycles. The van der Waals surface area contributed by atoms with Crippen LogP contribution in [0.25, 0.3) is 0 Å². The average molecular weight is 302 g/mol. The smallest absolute Gasteiger partial charge is 0.101 e. The van der Waals surface area contributed by atoms with Crippen LogP contribution in [0.1, 0.15) is 11.1 Å². The number of aryl methyl sites for hydroxylation is 1. The fourth-order valence-electron chi connectivity index (χ4n) is 1.66. The van der Waals surface area contributed by atoms with Gasteiger partial charge < -0.3 is 11.1 Å². The summed E-state index contributed by atoms with van der Waals surface area (Å²) in [4.78, 5) is 0. The Balaban J connectivity index is 2.40. The van der Waals surface area contributed by atoms with Gasteiger partial charge in [0.1, 0.15) is 6.07 Å². The van der Waals surface area contributed by atoms with Crippen LogP contribution in [0.3, 0.4) is 0 Å². The highest BCUT2D eigenvalue weighted by atomic mass is 79.9. The van der Waals surface area contributed by atoms with Gasteiger partial charge in [-0.1, -0.05) is 22.0 Å². The Morgan fingerprint density at radius 2 is 1.94 bits per heavy atom. The van der Waals surface area contributed by atoms with Crippen molar-refractivity contribution >= 4 is 33.0 Å². The van der Waals surface area contributed by atoms with Crippen molar-refractivity contribution in [2.45, 2.75) is 6.92 Å². The molecule has 0 spiro atoms. The van der Waals surface area contributed by atoms with Gasteiger partial charge in [0, 0.05) is 4.47 Å². The number of rotatable bonds is 2. The van der Waals surface area contributed by atoms with Crippen LogP contribution in [0.15, 0.2) is 40.9 Å². The van der Waals surface area contributed by atoms with Crippen LogP contribution in [-0.4, -0.2) is 0 Å². The van der Waals surface area contributed by atoms with Crippen molar-refractivity contribution in [2.24, 2.45) is 0 Å². The van der Waals surface area contributed by atoms with E-state index in [1.54, 1.807) is 6.07 Å². The standard InChI is InChI=1S/C14H12BrN3/c1-9-2-5-13(12(17)6-9)18-14-7-11(15)4-3-10(14)8-16/h2-7,18H,17H2,1H3. The van der Waals surface area contributed by atoms with Gasteiger partial charge >= 0.3 is 0 Å². The summed E-state index contributed by atoms with van der Waals surface area (Å²) in [5, 5.41) is 12.2.